The summed E-state index contributed by atoms with van der Waals surface area (Å²) < 4.78 is 0. The Hall–Kier alpha value is -0.350. The highest BCUT2D eigenvalue weighted by Gasteiger charge is 2.38. The normalized spacial score (nSPS) is 34.5. The maximum absolute atomic E-state index is 5.50. The van der Waals surface area contributed by atoms with Gasteiger partial charge in [-0.1, -0.05) is 38.5 Å². The lowest BCUT2D eigenvalue weighted by Crippen LogP contribution is -2.68. The molecule has 1 aliphatic heterocycles. The van der Waals surface area contributed by atoms with Crippen molar-refractivity contribution in [3.8, 4) is 0 Å². The summed E-state index contributed by atoms with van der Waals surface area (Å²) >= 11 is 5.50. The zero-order valence-corrected chi connectivity index (χ0v) is 13.6. The third-order valence-corrected chi connectivity index (χ3v) is 5.86. The summed E-state index contributed by atoms with van der Waals surface area (Å²) in [5.41, 5.74) is 0. The van der Waals surface area contributed by atoms with Crippen LogP contribution in [0.4, 0.5) is 0 Å². The van der Waals surface area contributed by atoms with Crippen LogP contribution >= 0.6 is 12.2 Å². The van der Waals surface area contributed by atoms with E-state index in [1.807, 2.05) is 0 Å². The van der Waals surface area contributed by atoms with Crippen LogP contribution in [0.5, 0.6) is 0 Å². The first-order valence-electron chi connectivity index (χ1n) is 8.54. The lowest BCUT2D eigenvalue weighted by atomic mass is 9.83. The topological polar surface area (TPSA) is 27.3 Å². The molecule has 3 aliphatic rings. The van der Waals surface area contributed by atoms with Crippen molar-refractivity contribution in [2.75, 3.05) is 7.05 Å². The SMILES string of the molecule is CN1C(C2CCCCC2)NC(=S)NC1C1CCCCC1. The van der Waals surface area contributed by atoms with E-state index in [0.29, 0.717) is 12.3 Å². The van der Waals surface area contributed by atoms with E-state index in [4.69, 9.17) is 12.2 Å². The number of hydrogen-bond acceptors (Lipinski definition) is 2. The second kappa shape index (κ2) is 6.61. The van der Waals surface area contributed by atoms with Gasteiger partial charge in [0, 0.05) is 0 Å². The Morgan fingerprint density at radius 1 is 0.800 bits per heavy atom. The second-order valence-electron chi connectivity index (χ2n) is 6.97. The van der Waals surface area contributed by atoms with Gasteiger partial charge in [-0.25, -0.2) is 0 Å². The smallest absolute Gasteiger partial charge is 0.168 e. The molecule has 2 saturated carbocycles. The van der Waals surface area contributed by atoms with E-state index in [1.165, 1.54) is 64.2 Å². The van der Waals surface area contributed by atoms with E-state index < -0.39 is 0 Å². The summed E-state index contributed by atoms with van der Waals surface area (Å²) in [6.45, 7) is 0. The van der Waals surface area contributed by atoms with Crippen molar-refractivity contribution in [3.05, 3.63) is 0 Å². The van der Waals surface area contributed by atoms with Crippen LogP contribution in [-0.4, -0.2) is 29.4 Å². The van der Waals surface area contributed by atoms with E-state index in [-0.39, 0.29) is 0 Å². The van der Waals surface area contributed by atoms with E-state index in [2.05, 4.69) is 22.6 Å². The molecule has 114 valence electrons. The Balaban J connectivity index is 1.69. The number of rotatable bonds is 2. The van der Waals surface area contributed by atoms with Gasteiger partial charge in [0.2, 0.25) is 0 Å². The molecule has 20 heavy (non-hydrogen) atoms. The maximum atomic E-state index is 5.50. The molecule has 2 atom stereocenters. The molecule has 3 nitrogen and oxygen atoms in total. The van der Waals surface area contributed by atoms with Crippen LogP contribution in [0, 0.1) is 11.8 Å². The van der Waals surface area contributed by atoms with Crippen molar-refractivity contribution in [2.45, 2.75) is 76.5 Å². The molecule has 0 bridgehead atoms. The fraction of sp³-hybridized carbons (Fsp3) is 0.938. The minimum atomic E-state index is 0.455. The van der Waals surface area contributed by atoms with Gasteiger partial charge in [0.15, 0.2) is 5.11 Å². The van der Waals surface area contributed by atoms with Crippen molar-refractivity contribution in [1.29, 1.82) is 0 Å². The molecule has 0 amide bonds. The molecule has 4 heteroatoms. The average Bonchev–Trinajstić information content (AvgIpc) is 2.51. The number of thiocarbonyl (C=S) groups is 1. The molecule has 3 rings (SSSR count). The molecule has 1 saturated heterocycles. The van der Waals surface area contributed by atoms with E-state index >= 15 is 0 Å². The van der Waals surface area contributed by atoms with Crippen molar-refractivity contribution in [3.63, 3.8) is 0 Å². The first-order valence-corrected chi connectivity index (χ1v) is 8.95. The summed E-state index contributed by atoms with van der Waals surface area (Å²) in [5.74, 6) is 1.56. The number of hydrogen-bond donors (Lipinski definition) is 2. The van der Waals surface area contributed by atoms with E-state index in [9.17, 15) is 0 Å². The standard InChI is InChI=1S/C16H29N3S/c1-19-14(12-8-4-2-5-9-12)17-16(20)18-15(19)13-10-6-3-7-11-13/h12-15H,2-11H2,1H3,(H2,17,18,20). The minimum Gasteiger partial charge on any atom is -0.347 e. The third kappa shape index (κ3) is 3.11. The molecule has 0 spiro atoms. The highest BCUT2D eigenvalue weighted by Crippen LogP contribution is 2.33. The molecule has 2 N–H and O–H groups in total. The number of nitrogens with one attached hydrogen (secondary N) is 2. The van der Waals surface area contributed by atoms with Gasteiger partial charge in [-0.3, -0.25) is 4.90 Å². The molecule has 3 fully saturated rings. The van der Waals surface area contributed by atoms with Gasteiger partial charge in [0.05, 0.1) is 12.3 Å². The zero-order chi connectivity index (χ0) is 13.9. The summed E-state index contributed by atoms with van der Waals surface area (Å²) in [7, 11) is 2.29. The molecule has 0 aromatic rings. The second-order valence-corrected chi connectivity index (χ2v) is 7.38. The highest BCUT2D eigenvalue weighted by atomic mass is 32.1. The largest absolute Gasteiger partial charge is 0.347 e. The van der Waals surface area contributed by atoms with E-state index in [0.717, 1.165) is 16.9 Å². The fourth-order valence-corrected chi connectivity index (χ4v) is 4.73. The summed E-state index contributed by atoms with van der Waals surface area (Å²) in [4.78, 5) is 2.56. The van der Waals surface area contributed by atoms with Crippen LogP contribution in [0.15, 0.2) is 0 Å². The van der Waals surface area contributed by atoms with Crippen molar-refractivity contribution >= 4 is 17.3 Å². The first-order chi connectivity index (χ1) is 9.75. The summed E-state index contributed by atoms with van der Waals surface area (Å²) in [6, 6.07) is 0. The molecular formula is C16H29N3S. The van der Waals surface area contributed by atoms with Gasteiger partial charge < -0.3 is 10.6 Å². The highest BCUT2D eigenvalue weighted by molar-refractivity contribution is 7.80. The van der Waals surface area contributed by atoms with Crippen LogP contribution in [0.25, 0.3) is 0 Å². The van der Waals surface area contributed by atoms with Gasteiger partial charge in [0.25, 0.3) is 0 Å². The van der Waals surface area contributed by atoms with Gasteiger partial charge in [0.1, 0.15) is 0 Å². The summed E-state index contributed by atoms with van der Waals surface area (Å²) in [6.07, 6.45) is 14.8. The van der Waals surface area contributed by atoms with Crippen molar-refractivity contribution in [1.82, 2.24) is 15.5 Å². The Morgan fingerprint density at radius 3 is 1.60 bits per heavy atom. The molecule has 1 heterocycles. The Labute approximate surface area is 128 Å². The van der Waals surface area contributed by atoms with Gasteiger partial charge in [-0.2, -0.15) is 0 Å². The van der Waals surface area contributed by atoms with Gasteiger partial charge in [-0.15, -0.1) is 0 Å². The van der Waals surface area contributed by atoms with Crippen molar-refractivity contribution < 1.29 is 0 Å². The number of nitrogens with zero attached hydrogens (tertiary/aromatic N) is 1. The van der Waals surface area contributed by atoms with Crippen LogP contribution < -0.4 is 10.6 Å². The molecule has 2 aliphatic carbocycles. The Bertz CT molecular complexity index is 305. The monoisotopic (exact) mass is 295 g/mol. The minimum absolute atomic E-state index is 0.455. The zero-order valence-electron chi connectivity index (χ0n) is 12.7. The van der Waals surface area contributed by atoms with Crippen LogP contribution in [-0.2, 0) is 0 Å². The van der Waals surface area contributed by atoms with Crippen LogP contribution in [0.2, 0.25) is 0 Å². The van der Waals surface area contributed by atoms with Crippen LogP contribution in [0.1, 0.15) is 64.2 Å². The lowest BCUT2D eigenvalue weighted by molar-refractivity contribution is 0.0280. The Morgan fingerprint density at radius 2 is 1.20 bits per heavy atom. The van der Waals surface area contributed by atoms with E-state index in [1.54, 1.807) is 0 Å². The molecular weight excluding hydrogens is 266 g/mol. The third-order valence-electron chi connectivity index (χ3n) is 5.63. The Kier molecular flexibility index (Phi) is 4.82. The van der Waals surface area contributed by atoms with Gasteiger partial charge in [-0.05, 0) is 56.8 Å². The van der Waals surface area contributed by atoms with Gasteiger partial charge >= 0.3 is 0 Å². The lowest BCUT2D eigenvalue weighted by Gasteiger charge is -2.49. The first kappa shape index (κ1) is 14.6. The predicted octanol–water partition coefficient (Wildman–Crippen LogP) is 3.21. The summed E-state index contributed by atoms with van der Waals surface area (Å²) in [5, 5.41) is 7.99. The van der Waals surface area contributed by atoms with Crippen molar-refractivity contribution in [2.24, 2.45) is 11.8 Å². The average molecular weight is 295 g/mol. The fourth-order valence-electron chi connectivity index (χ4n) is 4.49. The quantitative estimate of drug-likeness (QED) is 0.765. The molecule has 0 radical (unpaired) electrons. The maximum Gasteiger partial charge on any atom is 0.168 e. The molecule has 0 aromatic carbocycles. The molecule has 2 unspecified atom stereocenters. The van der Waals surface area contributed by atoms with Crippen LogP contribution in [0.3, 0.4) is 0 Å². The predicted molar refractivity (Wildman–Crippen MR) is 87.4 cm³/mol. The molecule has 0 aromatic heterocycles.